The normalized spacial score (nSPS) is 19.3. The summed E-state index contributed by atoms with van der Waals surface area (Å²) >= 11 is 0. The molecule has 0 N–H and O–H groups in total. The Labute approximate surface area is 105 Å². The van der Waals surface area contributed by atoms with Crippen molar-refractivity contribution in [3.05, 3.63) is 35.6 Å². The Morgan fingerprint density at radius 3 is 2.89 bits per heavy atom. The summed E-state index contributed by atoms with van der Waals surface area (Å²) in [5.74, 6) is -0.382. The summed E-state index contributed by atoms with van der Waals surface area (Å²) < 4.78 is 17.9. The summed E-state index contributed by atoms with van der Waals surface area (Å²) in [5, 5.41) is 8.76. The van der Waals surface area contributed by atoms with Crippen LogP contribution < -0.4 is 0 Å². The second-order valence-corrected chi connectivity index (χ2v) is 4.13. The monoisotopic (exact) mass is 248 g/mol. The smallest absolute Gasteiger partial charge is 0.227 e. The summed E-state index contributed by atoms with van der Waals surface area (Å²) in [6.07, 6.45) is -0.325. The zero-order valence-corrected chi connectivity index (χ0v) is 9.80. The molecule has 1 heterocycles. The first-order valence-corrected chi connectivity index (χ1v) is 5.72. The van der Waals surface area contributed by atoms with E-state index in [1.165, 1.54) is 12.1 Å². The second-order valence-electron chi connectivity index (χ2n) is 4.13. The first-order valence-electron chi connectivity index (χ1n) is 5.72. The molecular formula is C13H13FN2O2. The summed E-state index contributed by atoms with van der Waals surface area (Å²) in [5.41, 5.74) is 0.765. The molecule has 5 heteroatoms. The number of hydrogen-bond acceptors (Lipinski definition) is 3. The van der Waals surface area contributed by atoms with Crippen molar-refractivity contribution in [2.45, 2.75) is 12.5 Å². The highest BCUT2D eigenvalue weighted by molar-refractivity contribution is 5.78. The molecule has 18 heavy (non-hydrogen) atoms. The van der Waals surface area contributed by atoms with Crippen molar-refractivity contribution in [1.29, 1.82) is 5.26 Å². The van der Waals surface area contributed by atoms with E-state index < -0.39 is 6.10 Å². The average Bonchev–Trinajstić information content (AvgIpc) is 2.41. The molecule has 0 aromatic heterocycles. The SMILES string of the molecule is N#CC1CN(C(=O)Cc2ccc(F)cc2)CCO1. The van der Waals surface area contributed by atoms with E-state index in [0.29, 0.717) is 19.7 Å². The van der Waals surface area contributed by atoms with Crippen molar-refractivity contribution in [2.75, 3.05) is 19.7 Å². The predicted molar refractivity (Wildman–Crippen MR) is 62.0 cm³/mol. The third kappa shape index (κ3) is 3.05. The van der Waals surface area contributed by atoms with Gasteiger partial charge in [0.1, 0.15) is 5.82 Å². The Hall–Kier alpha value is -1.93. The molecule has 0 saturated carbocycles. The van der Waals surface area contributed by atoms with E-state index in [4.69, 9.17) is 10.00 Å². The summed E-state index contributed by atoms with van der Waals surface area (Å²) in [6.45, 7) is 1.18. The second kappa shape index (κ2) is 5.61. The third-order valence-electron chi connectivity index (χ3n) is 2.83. The maximum atomic E-state index is 12.7. The molecule has 4 nitrogen and oxygen atoms in total. The zero-order valence-electron chi connectivity index (χ0n) is 9.80. The van der Waals surface area contributed by atoms with Crippen LogP contribution >= 0.6 is 0 Å². The predicted octanol–water partition coefficient (Wildman–Crippen LogP) is 1.12. The molecule has 1 atom stereocenters. The number of hydrogen-bond donors (Lipinski definition) is 0. The Bertz CT molecular complexity index is 467. The Morgan fingerprint density at radius 1 is 1.50 bits per heavy atom. The number of ether oxygens (including phenoxy) is 1. The van der Waals surface area contributed by atoms with Crippen molar-refractivity contribution in [3.8, 4) is 6.07 Å². The van der Waals surface area contributed by atoms with Gasteiger partial charge in [0.25, 0.3) is 0 Å². The number of halogens is 1. The van der Waals surface area contributed by atoms with Gasteiger partial charge >= 0.3 is 0 Å². The molecule has 1 saturated heterocycles. The largest absolute Gasteiger partial charge is 0.360 e. The van der Waals surface area contributed by atoms with Crippen LogP contribution in [0.25, 0.3) is 0 Å². The van der Waals surface area contributed by atoms with Gasteiger partial charge in [0, 0.05) is 6.54 Å². The fourth-order valence-corrected chi connectivity index (χ4v) is 1.84. The van der Waals surface area contributed by atoms with E-state index in [-0.39, 0.29) is 18.1 Å². The summed E-state index contributed by atoms with van der Waals surface area (Å²) in [7, 11) is 0. The van der Waals surface area contributed by atoms with Crippen LogP contribution in [0.1, 0.15) is 5.56 Å². The maximum absolute atomic E-state index is 12.7. The molecule has 1 aliphatic rings. The first kappa shape index (κ1) is 12.5. The molecule has 1 amide bonds. The minimum Gasteiger partial charge on any atom is -0.360 e. The van der Waals surface area contributed by atoms with Gasteiger partial charge in [-0.2, -0.15) is 5.26 Å². The first-order chi connectivity index (χ1) is 8.69. The van der Waals surface area contributed by atoms with Crippen molar-refractivity contribution < 1.29 is 13.9 Å². The van der Waals surface area contributed by atoms with Crippen LogP contribution in [0.3, 0.4) is 0 Å². The molecule has 0 bridgehead atoms. The Kier molecular flexibility index (Phi) is 3.90. The number of nitriles is 1. The van der Waals surface area contributed by atoms with Crippen molar-refractivity contribution in [2.24, 2.45) is 0 Å². The minimum absolute atomic E-state index is 0.0647. The molecule has 1 aliphatic heterocycles. The van der Waals surface area contributed by atoms with Gasteiger partial charge in [0.2, 0.25) is 5.91 Å². The molecule has 0 spiro atoms. The lowest BCUT2D eigenvalue weighted by Crippen LogP contribution is -2.45. The molecule has 0 radical (unpaired) electrons. The molecule has 94 valence electrons. The Balaban J connectivity index is 1.95. The topological polar surface area (TPSA) is 53.3 Å². The molecular weight excluding hydrogens is 235 g/mol. The van der Waals surface area contributed by atoms with Crippen LogP contribution in [-0.4, -0.2) is 36.6 Å². The standard InChI is InChI=1S/C13H13FN2O2/c14-11-3-1-10(2-4-11)7-13(17)16-5-6-18-12(8-15)9-16/h1-4,12H,5-7,9H2. The number of benzene rings is 1. The molecule has 1 fully saturated rings. The Morgan fingerprint density at radius 2 is 2.22 bits per heavy atom. The fourth-order valence-electron chi connectivity index (χ4n) is 1.84. The number of carbonyl (C=O) groups excluding carboxylic acids is 1. The van der Waals surface area contributed by atoms with Gasteiger partial charge < -0.3 is 9.64 Å². The van der Waals surface area contributed by atoms with Gasteiger partial charge in [-0.3, -0.25) is 4.79 Å². The van der Waals surface area contributed by atoms with E-state index in [9.17, 15) is 9.18 Å². The van der Waals surface area contributed by atoms with Crippen LogP contribution in [-0.2, 0) is 16.0 Å². The lowest BCUT2D eigenvalue weighted by Gasteiger charge is -2.29. The highest BCUT2D eigenvalue weighted by atomic mass is 19.1. The van der Waals surface area contributed by atoms with Gasteiger partial charge in [-0.1, -0.05) is 12.1 Å². The lowest BCUT2D eigenvalue weighted by molar-refractivity contribution is -0.136. The number of morpholine rings is 1. The molecule has 1 unspecified atom stereocenters. The van der Waals surface area contributed by atoms with E-state index in [1.807, 2.05) is 6.07 Å². The average molecular weight is 248 g/mol. The van der Waals surface area contributed by atoms with Crippen molar-refractivity contribution in [3.63, 3.8) is 0 Å². The van der Waals surface area contributed by atoms with E-state index in [1.54, 1.807) is 17.0 Å². The van der Waals surface area contributed by atoms with Gasteiger partial charge in [-0.25, -0.2) is 4.39 Å². The highest BCUT2D eigenvalue weighted by Crippen LogP contribution is 2.09. The number of amides is 1. The van der Waals surface area contributed by atoms with Gasteiger partial charge in [-0.05, 0) is 17.7 Å². The third-order valence-corrected chi connectivity index (χ3v) is 2.83. The fraction of sp³-hybridized carbons (Fsp3) is 0.385. The van der Waals surface area contributed by atoms with E-state index >= 15 is 0 Å². The number of nitrogens with zero attached hydrogens (tertiary/aromatic N) is 2. The van der Waals surface area contributed by atoms with E-state index in [0.717, 1.165) is 5.56 Å². The van der Waals surface area contributed by atoms with Crippen LogP contribution in [0.5, 0.6) is 0 Å². The summed E-state index contributed by atoms with van der Waals surface area (Å²) in [6, 6.07) is 7.85. The molecule has 1 aromatic rings. The molecule has 0 aliphatic carbocycles. The maximum Gasteiger partial charge on any atom is 0.227 e. The van der Waals surface area contributed by atoms with Crippen molar-refractivity contribution in [1.82, 2.24) is 4.90 Å². The van der Waals surface area contributed by atoms with Gasteiger partial charge in [0.15, 0.2) is 6.10 Å². The van der Waals surface area contributed by atoms with Gasteiger partial charge in [0.05, 0.1) is 25.6 Å². The quantitative estimate of drug-likeness (QED) is 0.788. The summed E-state index contributed by atoms with van der Waals surface area (Å²) in [4.78, 5) is 13.6. The van der Waals surface area contributed by atoms with Gasteiger partial charge in [-0.15, -0.1) is 0 Å². The number of rotatable bonds is 2. The van der Waals surface area contributed by atoms with Crippen LogP contribution in [0.2, 0.25) is 0 Å². The highest BCUT2D eigenvalue weighted by Gasteiger charge is 2.23. The number of carbonyl (C=O) groups is 1. The van der Waals surface area contributed by atoms with Crippen LogP contribution in [0.15, 0.2) is 24.3 Å². The lowest BCUT2D eigenvalue weighted by atomic mass is 10.1. The van der Waals surface area contributed by atoms with Crippen LogP contribution in [0, 0.1) is 17.1 Å². The zero-order chi connectivity index (χ0) is 13.0. The molecule has 2 rings (SSSR count). The van der Waals surface area contributed by atoms with Crippen molar-refractivity contribution >= 4 is 5.91 Å². The molecule has 1 aromatic carbocycles. The van der Waals surface area contributed by atoms with Crippen LogP contribution in [0.4, 0.5) is 4.39 Å². The minimum atomic E-state index is -0.545. The van der Waals surface area contributed by atoms with E-state index in [2.05, 4.69) is 0 Å².